The van der Waals surface area contributed by atoms with Gasteiger partial charge in [-0.1, -0.05) is 12.1 Å². The lowest BCUT2D eigenvalue weighted by atomic mass is 10.1. The van der Waals surface area contributed by atoms with Crippen molar-refractivity contribution in [3.05, 3.63) is 71.9 Å². The quantitative estimate of drug-likeness (QED) is 0.364. The average Bonchev–Trinajstić information content (AvgIpc) is 3.33. The van der Waals surface area contributed by atoms with Gasteiger partial charge in [0.25, 0.3) is 5.91 Å². The number of fused-ring (bicyclic) bond motifs is 1. The Kier molecular flexibility index (Phi) is 7.46. The van der Waals surface area contributed by atoms with Crippen LogP contribution < -0.4 is 11.1 Å². The van der Waals surface area contributed by atoms with E-state index in [0.29, 0.717) is 42.4 Å². The fourth-order valence-corrected chi connectivity index (χ4v) is 4.44. The Morgan fingerprint density at radius 1 is 1.21 bits per heavy atom. The molecular weight excluding hydrogens is 515 g/mol. The van der Waals surface area contributed by atoms with Crippen molar-refractivity contribution in [1.29, 1.82) is 0 Å². The number of morpholine rings is 1. The molecule has 1 aliphatic heterocycles. The number of nitrogens with zero attached hydrogens (tertiary/aromatic N) is 5. The van der Waals surface area contributed by atoms with Crippen LogP contribution in [0.15, 0.2) is 55.0 Å². The first-order chi connectivity index (χ1) is 18.7. The molecule has 1 aliphatic rings. The van der Waals surface area contributed by atoms with Gasteiger partial charge >= 0.3 is 6.18 Å². The van der Waals surface area contributed by atoms with Gasteiger partial charge in [-0.3, -0.25) is 14.1 Å². The number of nitrogens with two attached hydrogens (primary N) is 1. The molecule has 1 unspecified atom stereocenters. The molecular formula is C26H26F3N7O3. The first-order valence-corrected chi connectivity index (χ1v) is 12.1. The van der Waals surface area contributed by atoms with E-state index in [1.165, 1.54) is 0 Å². The number of halogens is 3. The van der Waals surface area contributed by atoms with Crippen molar-refractivity contribution >= 4 is 23.1 Å². The van der Waals surface area contributed by atoms with Crippen molar-refractivity contribution in [3.63, 3.8) is 0 Å². The zero-order valence-corrected chi connectivity index (χ0v) is 21.0. The summed E-state index contributed by atoms with van der Waals surface area (Å²) in [4.78, 5) is 27.8. The van der Waals surface area contributed by atoms with Crippen molar-refractivity contribution in [2.24, 2.45) is 0 Å². The predicted molar refractivity (Wildman–Crippen MR) is 137 cm³/mol. The summed E-state index contributed by atoms with van der Waals surface area (Å²) in [6.07, 6.45) is -0.480. The second-order valence-corrected chi connectivity index (χ2v) is 8.96. The monoisotopic (exact) mass is 541 g/mol. The number of nitrogen functional groups attached to an aromatic ring is 1. The Hall–Kier alpha value is -4.07. The van der Waals surface area contributed by atoms with Crippen LogP contribution in [-0.4, -0.2) is 70.1 Å². The number of hydrogen-bond acceptors (Lipinski definition) is 8. The molecule has 1 aromatic carbocycles. The maximum Gasteiger partial charge on any atom is 0.416 e. The number of benzene rings is 1. The lowest BCUT2D eigenvalue weighted by Crippen LogP contribution is -2.40. The molecule has 0 radical (unpaired) electrons. The summed E-state index contributed by atoms with van der Waals surface area (Å²) in [7, 11) is 1.67. The largest absolute Gasteiger partial charge is 0.416 e. The fourth-order valence-electron chi connectivity index (χ4n) is 4.44. The Bertz CT molecular complexity index is 1470. The minimum absolute atomic E-state index is 0.200. The Balaban J connectivity index is 1.40. The van der Waals surface area contributed by atoms with Crippen LogP contribution in [0.2, 0.25) is 0 Å². The van der Waals surface area contributed by atoms with Gasteiger partial charge in [-0.2, -0.15) is 13.2 Å². The van der Waals surface area contributed by atoms with Gasteiger partial charge in [0.1, 0.15) is 34.8 Å². The maximum atomic E-state index is 13.0. The van der Waals surface area contributed by atoms with E-state index in [-0.39, 0.29) is 23.3 Å². The molecule has 1 amide bonds. The van der Waals surface area contributed by atoms with Crippen molar-refractivity contribution < 1.29 is 27.4 Å². The number of carbonyl (C=O) groups is 1. The van der Waals surface area contributed by atoms with Gasteiger partial charge in [0.05, 0.1) is 18.8 Å². The molecule has 0 aliphatic carbocycles. The minimum atomic E-state index is -4.54. The van der Waals surface area contributed by atoms with E-state index in [2.05, 4.69) is 20.2 Å². The fraction of sp³-hybridized carbons (Fsp3) is 0.308. The first kappa shape index (κ1) is 26.5. The highest BCUT2D eigenvalue weighted by atomic mass is 19.4. The SMILES string of the molecule is COCCN1CCOC(c2nc(-c3ccc(C(=O)Nc4cc(C(F)(F)F)ccn4)cc3)c3c(N)nccn23)C1. The lowest BCUT2D eigenvalue weighted by Gasteiger charge is -2.32. The normalized spacial score (nSPS) is 16.5. The van der Waals surface area contributed by atoms with Gasteiger partial charge in [-0.15, -0.1) is 0 Å². The zero-order valence-electron chi connectivity index (χ0n) is 21.0. The van der Waals surface area contributed by atoms with E-state index < -0.39 is 17.6 Å². The van der Waals surface area contributed by atoms with E-state index in [0.717, 1.165) is 31.4 Å². The molecule has 4 heterocycles. The summed E-state index contributed by atoms with van der Waals surface area (Å²) in [6.45, 7) is 3.35. The second kappa shape index (κ2) is 11.0. The lowest BCUT2D eigenvalue weighted by molar-refractivity contribution is -0.137. The number of methoxy groups -OCH3 is 1. The summed E-state index contributed by atoms with van der Waals surface area (Å²) >= 11 is 0. The van der Waals surface area contributed by atoms with Crippen LogP contribution in [-0.2, 0) is 15.7 Å². The molecule has 1 atom stereocenters. The number of amides is 1. The number of rotatable bonds is 7. The number of nitrogens with one attached hydrogen (secondary N) is 1. The predicted octanol–water partition coefficient (Wildman–Crippen LogP) is 3.66. The van der Waals surface area contributed by atoms with Gasteiger partial charge < -0.3 is 20.5 Å². The van der Waals surface area contributed by atoms with E-state index in [9.17, 15) is 18.0 Å². The molecule has 1 fully saturated rings. The van der Waals surface area contributed by atoms with Gasteiger partial charge in [-0.25, -0.2) is 15.0 Å². The van der Waals surface area contributed by atoms with Gasteiger partial charge in [-0.05, 0) is 24.3 Å². The van der Waals surface area contributed by atoms with Crippen molar-refractivity contribution in [1.82, 2.24) is 24.3 Å². The topological polar surface area (TPSA) is 120 Å². The number of anilines is 2. The molecule has 13 heteroatoms. The van der Waals surface area contributed by atoms with E-state index >= 15 is 0 Å². The number of aromatic nitrogens is 4. The van der Waals surface area contributed by atoms with Crippen LogP contribution in [0.3, 0.4) is 0 Å². The summed E-state index contributed by atoms with van der Waals surface area (Å²) in [5, 5.41) is 2.40. The average molecular weight is 542 g/mol. The molecule has 5 rings (SSSR count). The second-order valence-electron chi connectivity index (χ2n) is 8.96. The summed E-state index contributed by atoms with van der Waals surface area (Å²) in [5.74, 6) is 0.163. The van der Waals surface area contributed by atoms with Crippen LogP contribution in [0.4, 0.5) is 24.8 Å². The summed E-state index contributed by atoms with van der Waals surface area (Å²) < 4.78 is 52.1. The number of imidazole rings is 1. The third-order valence-electron chi connectivity index (χ3n) is 6.41. The highest BCUT2D eigenvalue weighted by Crippen LogP contribution is 2.33. The molecule has 0 bridgehead atoms. The number of carbonyl (C=O) groups excluding carboxylic acids is 1. The van der Waals surface area contributed by atoms with E-state index in [4.69, 9.17) is 20.2 Å². The standard InChI is InChI=1S/C26H26F3N7O3/c1-38-12-10-35-11-13-39-19(15-35)24-34-21(22-23(30)32-8-9-36(22)24)16-2-4-17(5-3-16)25(37)33-20-14-18(6-7-31-20)26(27,28)29/h2-9,14,19H,10-13,15H2,1H3,(H2,30,32)(H,31,33,37). The Labute approximate surface area is 221 Å². The van der Waals surface area contributed by atoms with Crippen LogP contribution >= 0.6 is 0 Å². The summed E-state index contributed by atoms with van der Waals surface area (Å²) in [5.41, 5.74) is 7.43. The third kappa shape index (κ3) is 5.70. The van der Waals surface area contributed by atoms with E-state index in [1.54, 1.807) is 43.8 Å². The number of hydrogen-bond donors (Lipinski definition) is 2. The number of pyridine rings is 1. The molecule has 4 aromatic rings. The Morgan fingerprint density at radius 2 is 2.00 bits per heavy atom. The molecule has 3 aromatic heterocycles. The number of ether oxygens (including phenoxy) is 2. The molecule has 39 heavy (non-hydrogen) atoms. The smallest absolute Gasteiger partial charge is 0.383 e. The number of alkyl halides is 3. The highest BCUT2D eigenvalue weighted by Gasteiger charge is 2.31. The van der Waals surface area contributed by atoms with Crippen molar-refractivity contribution in [3.8, 4) is 11.3 Å². The molecule has 1 saturated heterocycles. The summed E-state index contributed by atoms with van der Waals surface area (Å²) in [6, 6.07) is 8.12. The maximum absolute atomic E-state index is 13.0. The third-order valence-corrected chi connectivity index (χ3v) is 6.41. The minimum Gasteiger partial charge on any atom is -0.383 e. The van der Waals surface area contributed by atoms with Crippen molar-refractivity contribution in [2.75, 3.05) is 51.0 Å². The molecule has 204 valence electrons. The van der Waals surface area contributed by atoms with Crippen LogP contribution in [0, 0.1) is 0 Å². The highest BCUT2D eigenvalue weighted by molar-refractivity contribution is 6.04. The van der Waals surface area contributed by atoms with Crippen LogP contribution in [0.25, 0.3) is 16.8 Å². The van der Waals surface area contributed by atoms with Gasteiger partial charge in [0, 0.05) is 56.5 Å². The van der Waals surface area contributed by atoms with Gasteiger partial charge in [0.15, 0.2) is 0 Å². The molecule has 10 nitrogen and oxygen atoms in total. The van der Waals surface area contributed by atoms with Gasteiger partial charge in [0.2, 0.25) is 0 Å². The molecule has 0 saturated carbocycles. The van der Waals surface area contributed by atoms with Crippen LogP contribution in [0.1, 0.15) is 27.8 Å². The zero-order chi connectivity index (χ0) is 27.6. The molecule has 0 spiro atoms. The van der Waals surface area contributed by atoms with E-state index in [1.807, 2.05) is 4.40 Å². The van der Waals surface area contributed by atoms with Crippen LogP contribution in [0.5, 0.6) is 0 Å². The van der Waals surface area contributed by atoms with Crippen molar-refractivity contribution in [2.45, 2.75) is 12.3 Å². The Morgan fingerprint density at radius 3 is 2.74 bits per heavy atom. The first-order valence-electron chi connectivity index (χ1n) is 12.1. The molecule has 3 N–H and O–H groups in total.